The van der Waals surface area contributed by atoms with Gasteiger partial charge in [0.2, 0.25) is 0 Å². The molecular weight excluding hydrogens is 258 g/mol. The number of rotatable bonds is 4. The Morgan fingerprint density at radius 1 is 1.25 bits per heavy atom. The fourth-order valence-electron chi connectivity index (χ4n) is 1.62. The van der Waals surface area contributed by atoms with Crippen LogP contribution in [0.1, 0.15) is 11.1 Å². The van der Waals surface area contributed by atoms with Crippen LogP contribution >= 0.6 is 0 Å². The summed E-state index contributed by atoms with van der Waals surface area (Å²) in [5.41, 5.74) is 7.19. The van der Waals surface area contributed by atoms with Gasteiger partial charge in [-0.25, -0.2) is 9.89 Å². The predicted molar refractivity (Wildman–Crippen MR) is 75.0 cm³/mol. The second kappa shape index (κ2) is 6.48. The average Bonchev–Trinajstić information content (AvgIpc) is 2.48. The van der Waals surface area contributed by atoms with Gasteiger partial charge in [0, 0.05) is 19.2 Å². The van der Waals surface area contributed by atoms with E-state index >= 15 is 0 Å². The summed E-state index contributed by atoms with van der Waals surface area (Å²) < 4.78 is 0. The maximum absolute atomic E-state index is 11.6. The molecule has 1 aromatic carbocycles. The molecule has 1 heterocycles. The molecule has 0 aliphatic carbocycles. The number of nitrogens with one attached hydrogen (secondary N) is 3. The van der Waals surface area contributed by atoms with Gasteiger partial charge in [-0.1, -0.05) is 24.3 Å². The van der Waals surface area contributed by atoms with Gasteiger partial charge in [0.1, 0.15) is 0 Å². The maximum Gasteiger partial charge on any atom is 0.320 e. The van der Waals surface area contributed by atoms with Crippen molar-refractivity contribution in [1.29, 1.82) is 0 Å². The molecule has 0 fully saturated rings. The highest BCUT2D eigenvalue weighted by molar-refractivity contribution is 5.87. The van der Waals surface area contributed by atoms with Gasteiger partial charge < -0.3 is 11.1 Å². The molecule has 2 aromatic rings. The zero-order valence-corrected chi connectivity index (χ0v) is 10.7. The topological polar surface area (TPSA) is 113 Å². The zero-order valence-electron chi connectivity index (χ0n) is 10.7. The Balaban J connectivity index is 1.88. The smallest absolute Gasteiger partial charge is 0.320 e. The molecule has 0 unspecified atom stereocenters. The number of benzene rings is 1. The molecule has 2 rings (SSSR count). The van der Waals surface area contributed by atoms with Crippen molar-refractivity contribution in [2.45, 2.75) is 13.1 Å². The summed E-state index contributed by atoms with van der Waals surface area (Å²) in [6.07, 6.45) is 0. The van der Waals surface area contributed by atoms with Crippen molar-refractivity contribution in [1.82, 2.24) is 15.5 Å². The van der Waals surface area contributed by atoms with Crippen LogP contribution in [0.4, 0.5) is 10.6 Å². The SMILES string of the molecule is NCc1cccc(CNC(=O)Nc2ccc(=O)[nH]n2)c1. The van der Waals surface area contributed by atoms with E-state index in [2.05, 4.69) is 20.8 Å². The third kappa shape index (κ3) is 3.92. The number of hydrogen-bond donors (Lipinski definition) is 4. The van der Waals surface area contributed by atoms with Crippen molar-refractivity contribution < 1.29 is 4.79 Å². The van der Waals surface area contributed by atoms with Crippen molar-refractivity contribution in [3.05, 3.63) is 57.9 Å². The number of nitrogens with zero attached hydrogens (tertiary/aromatic N) is 1. The molecule has 7 nitrogen and oxygen atoms in total. The number of aromatic amines is 1. The first kappa shape index (κ1) is 13.8. The van der Waals surface area contributed by atoms with E-state index in [1.54, 1.807) is 0 Å². The molecular formula is C13H15N5O2. The summed E-state index contributed by atoms with van der Waals surface area (Å²) in [5, 5.41) is 11.1. The van der Waals surface area contributed by atoms with Crippen LogP contribution in [0.5, 0.6) is 0 Å². The van der Waals surface area contributed by atoms with Crippen molar-refractivity contribution in [2.75, 3.05) is 5.32 Å². The number of H-pyrrole nitrogens is 1. The van der Waals surface area contributed by atoms with E-state index in [0.717, 1.165) is 11.1 Å². The lowest BCUT2D eigenvalue weighted by Crippen LogP contribution is -2.29. The van der Waals surface area contributed by atoms with Crippen molar-refractivity contribution in [3.8, 4) is 0 Å². The Kier molecular flexibility index (Phi) is 4.46. The molecule has 0 spiro atoms. The summed E-state index contributed by atoms with van der Waals surface area (Å²) >= 11 is 0. The lowest BCUT2D eigenvalue weighted by atomic mass is 10.1. The Bertz CT molecular complexity index is 633. The average molecular weight is 273 g/mol. The van der Waals surface area contributed by atoms with E-state index in [9.17, 15) is 9.59 Å². The fourth-order valence-corrected chi connectivity index (χ4v) is 1.62. The van der Waals surface area contributed by atoms with E-state index in [-0.39, 0.29) is 11.4 Å². The van der Waals surface area contributed by atoms with Crippen LogP contribution in [-0.4, -0.2) is 16.2 Å². The highest BCUT2D eigenvalue weighted by Crippen LogP contribution is 2.04. The number of carbonyl (C=O) groups is 1. The molecule has 0 atom stereocenters. The number of hydrogen-bond acceptors (Lipinski definition) is 4. The van der Waals surface area contributed by atoms with Crippen LogP contribution in [-0.2, 0) is 13.1 Å². The number of carbonyl (C=O) groups excluding carboxylic acids is 1. The molecule has 20 heavy (non-hydrogen) atoms. The Morgan fingerprint density at radius 2 is 2.05 bits per heavy atom. The lowest BCUT2D eigenvalue weighted by Gasteiger charge is -2.07. The number of amides is 2. The molecule has 2 amide bonds. The molecule has 0 aliphatic rings. The van der Waals surface area contributed by atoms with Crippen LogP contribution in [0.25, 0.3) is 0 Å². The first-order valence-corrected chi connectivity index (χ1v) is 6.06. The fraction of sp³-hybridized carbons (Fsp3) is 0.154. The van der Waals surface area contributed by atoms with Gasteiger partial charge in [0.15, 0.2) is 5.82 Å². The van der Waals surface area contributed by atoms with Gasteiger partial charge >= 0.3 is 6.03 Å². The van der Waals surface area contributed by atoms with E-state index < -0.39 is 6.03 Å². The molecule has 0 bridgehead atoms. The monoisotopic (exact) mass is 273 g/mol. The number of urea groups is 1. The second-order valence-corrected chi connectivity index (χ2v) is 4.14. The van der Waals surface area contributed by atoms with E-state index in [1.807, 2.05) is 24.3 Å². The molecule has 104 valence electrons. The Hall–Kier alpha value is -2.67. The first-order valence-electron chi connectivity index (χ1n) is 6.06. The third-order valence-corrected chi connectivity index (χ3v) is 2.60. The largest absolute Gasteiger partial charge is 0.334 e. The van der Waals surface area contributed by atoms with Crippen LogP contribution in [0.2, 0.25) is 0 Å². The maximum atomic E-state index is 11.6. The predicted octanol–water partition coefficient (Wildman–Crippen LogP) is 0.550. The highest BCUT2D eigenvalue weighted by Gasteiger charge is 2.03. The minimum Gasteiger partial charge on any atom is -0.334 e. The quantitative estimate of drug-likeness (QED) is 0.651. The summed E-state index contributed by atoms with van der Waals surface area (Å²) in [6.45, 7) is 0.838. The molecule has 0 saturated heterocycles. The Morgan fingerprint density at radius 3 is 2.75 bits per heavy atom. The van der Waals surface area contributed by atoms with Gasteiger partial charge in [-0.15, -0.1) is 0 Å². The van der Waals surface area contributed by atoms with Crippen molar-refractivity contribution in [2.24, 2.45) is 5.73 Å². The molecule has 1 aromatic heterocycles. The van der Waals surface area contributed by atoms with Crippen molar-refractivity contribution in [3.63, 3.8) is 0 Å². The highest BCUT2D eigenvalue weighted by atomic mass is 16.2. The van der Waals surface area contributed by atoms with E-state index in [0.29, 0.717) is 13.1 Å². The summed E-state index contributed by atoms with van der Waals surface area (Å²) in [5.74, 6) is 0.276. The van der Waals surface area contributed by atoms with E-state index in [1.165, 1.54) is 12.1 Å². The minimum atomic E-state index is -0.400. The minimum absolute atomic E-state index is 0.276. The standard InChI is InChI=1S/C13H15N5O2/c14-7-9-2-1-3-10(6-9)8-15-13(20)16-11-4-5-12(19)18-17-11/h1-6H,7-8,14H2,(H,18,19)(H2,15,16,17,20). The summed E-state index contributed by atoms with van der Waals surface area (Å²) in [6, 6.07) is 9.95. The lowest BCUT2D eigenvalue weighted by molar-refractivity contribution is 0.251. The zero-order chi connectivity index (χ0) is 14.4. The molecule has 0 saturated carbocycles. The van der Waals surface area contributed by atoms with Crippen LogP contribution < -0.4 is 21.9 Å². The van der Waals surface area contributed by atoms with Crippen LogP contribution in [0, 0.1) is 0 Å². The molecule has 5 N–H and O–H groups in total. The van der Waals surface area contributed by atoms with Gasteiger partial charge in [-0.05, 0) is 17.2 Å². The second-order valence-electron chi connectivity index (χ2n) is 4.14. The van der Waals surface area contributed by atoms with Gasteiger partial charge in [-0.3, -0.25) is 10.1 Å². The number of anilines is 1. The third-order valence-electron chi connectivity index (χ3n) is 2.60. The van der Waals surface area contributed by atoms with Gasteiger partial charge in [0.25, 0.3) is 5.56 Å². The molecule has 7 heteroatoms. The van der Waals surface area contributed by atoms with Crippen molar-refractivity contribution >= 4 is 11.8 Å². The van der Waals surface area contributed by atoms with E-state index in [4.69, 9.17) is 5.73 Å². The normalized spacial score (nSPS) is 10.1. The number of nitrogens with two attached hydrogens (primary N) is 1. The summed E-state index contributed by atoms with van der Waals surface area (Å²) in [4.78, 5) is 22.5. The first-order chi connectivity index (χ1) is 9.67. The molecule has 0 aliphatic heterocycles. The number of aromatic nitrogens is 2. The van der Waals surface area contributed by atoms with Crippen LogP contribution in [0.3, 0.4) is 0 Å². The molecule has 0 radical (unpaired) electrons. The van der Waals surface area contributed by atoms with Gasteiger partial charge in [-0.2, -0.15) is 5.10 Å². The Labute approximate surface area is 115 Å². The summed E-state index contributed by atoms with van der Waals surface area (Å²) in [7, 11) is 0. The van der Waals surface area contributed by atoms with Gasteiger partial charge in [0.05, 0.1) is 0 Å². The van der Waals surface area contributed by atoms with Crippen LogP contribution in [0.15, 0.2) is 41.2 Å².